The van der Waals surface area contributed by atoms with E-state index in [2.05, 4.69) is 11.4 Å². The van der Waals surface area contributed by atoms with Gasteiger partial charge in [0.2, 0.25) is 0 Å². The molecule has 0 radical (unpaired) electrons. The molecule has 0 fully saturated rings. The van der Waals surface area contributed by atoms with Crippen molar-refractivity contribution < 1.29 is 0 Å². The van der Waals surface area contributed by atoms with E-state index in [0.717, 1.165) is 11.1 Å². The summed E-state index contributed by atoms with van der Waals surface area (Å²) in [6, 6.07) is 11.4. The lowest BCUT2D eigenvalue weighted by atomic mass is 10.1. The molecule has 0 aromatic heterocycles. The summed E-state index contributed by atoms with van der Waals surface area (Å²) in [5.74, 6) is 0. The minimum absolute atomic E-state index is 0.529. The molecule has 2 nitrogen and oxygen atoms in total. The molecule has 0 heterocycles. The van der Waals surface area contributed by atoms with Gasteiger partial charge in [0.1, 0.15) is 6.07 Å². The Kier molecular flexibility index (Phi) is 3.99. The van der Waals surface area contributed by atoms with Gasteiger partial charge in [-0.1, -0.05) is 35.3 Å². The van der Waals surface area contributed by atoms with Crippen molar-refractivity contribution in [1.82, 2.24) is 0 Å². The van der Waals surface area contributed by atoms with E-state index in [4.69, 9.17) is 28.5 Å². The molecule has 2 aromatic rings. The summed E-state index contributed by atoms with van der Waals surface area (Å²) in [6.07, 6.45) is 0. The Hall–Kier alpha value is -1.69. The minimum atomic E-state index is 0.529. The quantitative estimate of drug-likeness (QED) is 0.822. The lowest BCUT2D eigenvalue weighted by Crippen LogP contribution is -1.97. The van der Waals surface area contributed by atoms with E-state index in [9.17, 15) is 0 Å². The van der Waals surface area contributed by atoms with E-state index >= 15 is 0 Å². The van der Waals surface area contributed by atoms with Crippen LogP contribution in [0.25, 0.3) is 0 Å². The lowest BCUT2D eigenvalue weighted by molar-refractivity contribution is 1.40. The van der Waals surface area contributed by atoms with Gasteiger partial charge < -0.3 is 5.32 Å². The fourth-order valence-electron chi connectivity index (χ4n) is 1.76. The van der Waals surface area contributed by atoms with Gasteiger partial charge in [0.25, 0.3) is 0 Å². The number of aryl methyl sites for hydroxylation is 2. The number of nitrogens with one attached hydrogen (secondary N) is 1. The van der Waals surface area contributed by atoms with Crippen LogP contribution >= 0.6 is 23.2 Å². The molecule has 0 aliphatic rings. The Morgan fingerprint density at radius 3 is 2.53 bits per heavy atom. The van der Waals surface area contributed by atoms with Crippen molar-refractivity contribution in [2.45, 2.75) is 13.8 Å². The molecule has 0 saturated carbocycles. The van der Waals surface area contributed by atoms with Gasteiger partial charge in [-0.15, -0.1) is 0 Å². The zero-order chi connectivity index (χ0) is 14.0. The molecule has 96 valence electrons. The first kappa shape index (κ1) is 13.7. The second kappa shape index (κ2) is 5.52. The molecule has 0 saturated heterocycles. The molecule has 2 aromatic carbocycles. The Morgan fingerprint density at radius 1 is 1.11 bits per heavy atom. The molecule has 2 rings (SSSR count). The smallest absolute Gasteiger partial charge is 0.101 e. The van der Waals surface area contributed by atoms with Crippen LogP contribution in [0.5, 0.6) is 0 Å². The summed E-state index contributed by atoms with van der Waals surface area (Å²) in [7, 11) is 0. The van der Waals surface area contributed by atoms with Gasteiger partial charge in [0.15, 0.2) is 0 Å². The highest BCUT2D eigenvalue weighted by Crippen LogP contribution is 2.36. The zero-order valence-corrected chi connectivity index (χ0v) is 12.1. The Morgan fingerprint density at radius 2 is 1.84 bits per heavy atom. The fourth-order valence-corrected chi connectivity index (χ4v) is 2.23. The average molecular weight is 291 g/mol. The second-order valence-corrected chi connectivity index (χ2v) is 5.12. The Bertz CT molecular complexity index is 673. The van der Waals surface area contributed by atoms with Crippen LogP contribution in [-0.4, -0.2) is 0 Å². The van der Waals surface area contributed by atoms with Crippen LogP contribution in [0.3, 0.4) is 0 Å². The maximum Gasteiger partial charge on any atom is 0.101 e. The fraction of sp³-hybridized carbons (Fsp3) is 0.133. The van der Waals surface area contributed by atoms with Gasteiger partial charge >= 0.3 is 0 Å². The first-order valence-corrected chi connectivity index (χ1v) is 6.51. The highest BCUT2D eigenvalue weighted by molar-refractivity contribution is 6.39. The maximum absolute atomic E-state index is 9.12. The number of anilines is 2. The van der Waals surface area contributed by atoms with Crippen LogP contribution in [0.4, 0.5) is 11.4 Å². The molecular formula is C15H12Cl2N2. The Balaban J connectivity index is 2.51. The first-order chi connectivity index (χ1) is 9.02. The molecule has 0 atom stereocenters. The molecule has 0 aliphatic carbocycles. The Labute approximate surface area is 122 Å². The topological polar surface area (TPSA) is 35.8 Å². The van der Waals surface area contributed by atoms with Crippen LogP contribution in [0.15, 0.2) is 30.3 Å². The van der Waals surface area contributed by atoms with Crippen molar-refractivity contribution in [3.8, 4) is 6.07 Å². The summed E-state index contributed by atoms with van der Waals surface area (Å²) in [6.45, 7) is 3.87. The van der Waals surface area contributed by atoms with E-state index in [1.807, 2.05) is 32.0 Å². The van der Waals surface area contributed by atoms with Gasteiger partial charge in [-0.3, -0.25) is 0 Å². The van der Waals surface area contributed by atoms with Crippen molar-refractivity contribution in [2.24, 2.45) is 0 Å². The summed E-state index contributed by atoms with van der Waals surface area (Å²) in [4.78, 5) is 0. The van der Waals surface area contributed by atoms with E-state index < -0.39 is 0 Å². The number of nitriles is 1. The predicted octanol–water partition coefficient (Wildman–Crippen LogP) is 5.23. The number of hydrogen-bond acceptors (Lipinski definition) is 2. The van der Waals surface area contributed by atoms with Crippen molar-refractivity contribution in [2.75, 3.05) is 5.32 Å². The monoisotopic (exact) mass is 290 g/mol. The largest absolute Gasteiger partial charge is 0.352 e. The van der Waals surface area contributed by atoms with Gasteiger partial charge in [0.05, 0.1) is 27.0 Å². The minimum Gasteiger partial charge on any atom is -0.352 e. The van der Waals surface area contributed by atoms with E-state index in [1.54, 1.807) is 12.1 Å². The normalized spacial score (nSPS) is 10.1. The van der Waals surface area contributed by atoms with E-state index in [0.29, 0.717) is 27.0 Å². The highest BCUT2D eigenvalue weighted by Gasteiger charge is 2.11. The number of rotatable bonds is 2. The van der Waals surface area contributed by atoms with E-state index in [1.165, 1.54) is 0 Å². The molecule has 0 amide bonds. The number of hydrogen-bond donors (Lipinski definition) is 1. The van der Waals surface area contributed by atoms with Crippen LogP contribution < -0.4 is 5.32 Å². The molecule has 4 heteroatoms. The van der Waals surface area contributed by atoms with Crippen LogP contribution in [-0.2, 0) is 0 Å². The number of nitrogens with zero attached hydrogens (tertiary/aromatic N) is 1. The highest BCUT2D eigenvalue weighted by atomic mass is 35.5. The van der Waals surface area contributed by atoms with Crippen molar-refractivity contribution in [3.63, 3.8) is 0 Å². The molecule has 0 aliphatic heterocycles. The third-order valence-corrected chi connectivity index (χ3v) is 3.64. The van der Waals surface area contributed by atoms with Crippen molar-refractivity contribution in [3.05, 3.63) is 57.1 Å². The predicted molar refractivity (Wildman–Crippen MR) is 80.4 cm³/mol. The number of benzene rings is 2. The molecule has 0 spiro atoms. The SMILES string of the molecule is Cc1ccc(C#N)c(Nc2c(Cl)ccc(C)c2Cl)c1. The van der Waals surface area contributed by atoms with Crippen LogP contribution in [0.2, 0.25) is 10.0 Å². The van der Waals surface area contributed by atoms with Gasteiger partial charge in [0, 0.05) is 0 Å². The van der Waals surface area contributed by atoms with Crippen LogP contribution in [0.1, 0.15) is 16.7 Å². The van der Waals surface area contributed by atoms with Gasteiger partial charge in [-0.2, -0.15) is 5.26 Å². The van der Waals surface area contributed by atoms with Crippen LogP contribution in [0, 0.1) is 25.2 Å². The molecule has 0 unspecified atom stereocenters. The molecule has 19 heavy (non-hydrogen) atoms. The third-order valence-electron chi connectivity index (χ3n) is 2.84. The van der Waals surface area contributed by atoms with Gasteiger partial charge in [-0.05, 0) is 43.2 Å². The summed E-state index contributed by atoms with van der Waals surface area (Å²) in [5, 5.41) is 13.4. The summed E-state index contributed by atoms with van der Waals surface area (Å²) in [5.41, 5.74) is 3.88. The number of halogens is 2. The average Bonchev–Trinajstić information content (AvgIpc) is 2.39. The third kappa shape index (κ3) is 2.84. The molecule has 0 bridgehead atoms. The lowest BCUT2D eigenvalue weighted by Gasteiger charge is -2.13. The summed E-state index contributed by atoms with van der Waals surface area (Å²) < 4.78 is 0. The van der Waals surface area contributed by atoms with E-state index in [-0.39, 0.29) is 0 Å². The first-order valence-electron chi connectivity index (χ1n) is 5.75. The van der Waals surface area contributed by atoms with Crippen molar-refractivity contribution in [1.29, 1.82) is 5.26 Å². The maximum atomic E-state index is 9.12. The van der Waals surface area contributed by atoms with Gasteiger partial charge in [-0.25, -0.2) is 0 Å². The van der Waals surface area contributed by atoms with Crippen molar-refractivity contribution >= 4 is 34.6 Å². The zero-order valence-electron chi connectivity index (χ0n) is 10.6. The molecule has 1 N–H and O–H groups in total. The second-order valence-electron chi connectivity index (χ2n) is 4.34. The molecular weight excluding hydrogens is 279 g/mol. The standard InChI is InChI=1S/C15H12Cl2N2/c1-9-3-5-11(8-18)13(7-9)19-15-12(16)6-4-10(2)14(15)17/h3-7,19H,1-2H3. The summed E-state index contributed by atoms with van der Waals surface area (Å²) >= 11 is 12.4.